The largest absolute Gasteiger partial charge is 0.455 e. The average molecular weight is 745 g/mol. The van der Waals surface area contributed by atoms with Gasteiger partial charge in [0.15, 0.2) is 28.6 Å². The maximum absolute atomic E-state index is 6.71. The van der Waals surface area contributed by atoms with E-state index in [9.17, 15) is 0 Å². The predicted molar refractivity (Wildman–Crippen MR) is 232 cm³/mol. The summed E-state index contributed by atoms with van der Waals surface area (Å²) in [5.74, 6) is 1.63. The van der Waals surface area contributed by atoms with Gasteiger partial charge in [0.05, 0.1) is 16.6 Å². The van der Waals surface area contributed by atoms with Crippen LogP contribution in [0.4, 0.5) is 0 Å². The number of aromatic nitrogens is 4. The van der Waals surface area contributed by atoms with Gasteiger partial charge in [-0.1, -0.05) is 109 Å². The molecule has 0 unspecified atom stereocenters. The number of hydrogen-bond donors (Lipinski definition) is 0. The van der Waals surface area contributed by atoms with Gasteiger partial charge in [-0.25, -0.2) is 15.0 Å². The van der Waals surface area contributed by atoms with Crippen molar-refractivity contribution in [1.82, 2.24) is 19.5 Å². The van der Waals surface area contributed by atoms with Crippen LogP contribution in [0.2, 0.25) is 0 Å². The highest BCUT2D eigenvalue weighted by Crippen LogP contribution is 2.43. The first-order valence-electron chi connectivity index (χ1n) is 19.3. The van der Waals surface area contributed by atoms with Gasteiger partial charge in [-0.05, 0) is 60.7 Å². The minimum absolute atomic E-state index is 0.525. The third-order valence-corrected chi connectivity index (χ3v) is 11.5. The molecule has 5 aromatic heterocycles. The molecule has 0 saturated heterocycles. The van der Waals surface area contributed by atoms with Gasteiger partial charge in [-0.3, -0.25) is 0 Å². The van der Waals surface area contributed by atoms with Gasteiger partial charge in [0.1, 0.15) is 22.3 Å². The van der Waals surface area contributed by atoms with Gasteiger partial charge in [0.2, 0.25) is 0 Å². The van der Waals surface area contributed by atoms with E-state index in [1.54, 1.807) is 0 Å². The smallest absolute Gasteiger partial charge is 0.178 e. The summed E-state index contributed by atoms with van der Waals surface area (Å²) in [4.78, 5) is 15.3. The van der Waals surface area contributed by atoms with Crippen molar-refractivity contribution in [2.24, 2.45) is 0 Å². The highest BCUT2D eigenvalue weighted by Gasteiger charge is 2.23. The number of hydrogen-bond acceptors (Lipinski definition) is 6. The van der Waals surface area contributed by atoms with Gasteiger partial charge >= 0.3 is 0 Å². The predicted octanol–water partition coefficient (Wildman–Crippen LogP) is 13.7. The van der Waals surface area contributed by atoms with Gasteiger partial charge in [0, 0.05) is 59.9 Å². The molecule has 0 atom stereocenters. The third-order valence-electron chi connectivity index (χ3n) is 11.5. The zero-order chi connectivity index (χ0) is 37.9. The van der Waals surface area contributed by atoms with Crippen LogP contribution in [0.1, 0.15) is 0 Å². The zero-order valence-electron chi connectivity index (χ0n) is 30.7. The minimum atomic E-state index is 0.525. The van der Waals surface area contributed by atoms with Gasteiger partial charge < -0.3 is 17.8 Å². The van der Waals surface area contributed by atoms with Crippen molar-refractivity contribution >= 4 is 87.6 Å². The fraction of sp³-hybridized carbons (Fsp3) is 0. The molecule has 13 rings (SSSR count). The molecule has 7 heteroatoms. The van der Waals surface area contributed by atoms with E-state index >= 15 is 0 Å². The summed E-state index contributed by atoms with van der Waals surface area (Å²) in [5, 5.41) is 8.34. The first-order chi connectivity index (χ1) is 28.7. The normalized spacial score (nSPS) is 12.1. The first-order valence-corrected chi connectivity index (χ1v) is 19.3. The zero-order valence-corrected chi connectivity index (χ0v) is 30.7. The van der Waals surface area contributed by atoms with Crippen LogP contribution in [0.3, 0.4) is 0 Å². The lowest BCUT2D eigenvalue weighted by Gasteiger charge is -2.09. The number of rotatable bonds is 4. The maximum Gasteiger partial charge on any atom is 0.178 e. The summed E-state index contributed by atoms with van der Waals surface area (Å²) >= 11 is 0. The highest BCUT2D eigenvalue weighted by molar-refractivity contribution is 6.21. The Bertz CT molecular complexity index is 3760. The van der Waals surface area contributed by atoms with E-state index in [1.165, 1.54) is 10.8 Å². The van der Waals surface area contributed by atoms with Crippen LogP contribution >= 0.6 is 0 Å². The second kappa shape index (κ2) is 11.7. The number of furan rings is 3. The molecular weight excluding hydrogens is 717 g/mol. The Balaban J connectivity index is 1.02. The van der Waals surface area contributed by atoms with Crippen LogP contribution in [0.5, 0.6) is 0 Å². The van der Waals surface area contributed by atoms with E-state index in [1.807, 2.05) is 78.9 Å². The number of benzene rings is 8. The minimum Gasteiger partial charge on any atom is -0.455 e. The number of para-hydroxylation sites is 4. The summed E-state index contributed by atoms with van der Waals surface area (Å²) in [7, 11) is 0. The molecule has 8 aromatic carbocycles. The molecule has 0 aliphatic heterocycles. The van der Waals surface area contributed by atoms with Crippen LogP contribution in [-0.4, -0.2) is 19.5 Å². The van der Waals surface area contributed by atoms with Gasteiger partial charge in [0.25, 0.3) is 0 Å². The van der Waals surface area contributed by atoms with Crippen molar-refractivity contribution in [3.63, 3.8) is 0 Å². The Morgan fingerprint density at radius 2 is 0.897 bits per heavy atom. The van der Waals surface area contributed by atoms with E-state index in [0.717, 1.165) is 82.5 Å². The Hall–Kier alpha value is -8.03. The summed E-state index contributed by atoms with van der Waals surface area (Å²) < 4.78 is 22.1. The molecule has 13 aromatic rings. The first kappa shape index (κ1) is 31.2. The summed E-state index contributed by atoms with van der Waals surface area (Å²) in [6, 6.07) is 58.0. The van der Waals surface area contributed by atoms with Crippen LogP contribution < -0.4 is 0 Å². The number of nitrogens with zero attached hydrogens (tertiary/aromatic N) is 4. The molecule has 7 nitrogen and oxygen atoms in total. The van der Waals surface area contributed by atoms with Crippen LogP contribution in [0.25, 0.3) is 127 Å². The molecular formula is C51H28N4O3. The molecule has 0 amide bonds. The monoisotopic (exact) mass is 744 g/mol. The van der Waals surface area contributed by atoms with E-state index in [0.29, 0.717) is 34.2 Å². The van der Waals surface area contributed by atoms with Crippen molar-refractivity contribution < 1.29 is 13.3 Å². The van der Waals surface area contributed by atoms with Crippen molar-refractivity contribution in [3.05, 3.63) is 170 Å². The lowest BCUT2D eigenvalue weighted by atomic mass is 10.0. The summed E-state index contributed by atoms with van der Waals surface area (Å²) in [5.41, 5.74) is 10.3. The molecule has 5 heterocycles. The van der Waals surface area contributed by atoms with Crippen molar-refractivity contribution in [1.29, 1.82) is 0 Å². The van der Waals surface area contributed by atoms with E-state index in [-0.39, 0.29) is 0 Å². The van der Waals surface area contributed by atoms with Crippen molar-refractivity contribution in [3.8, 4) is 39.9 Å². The van der Waals surface area contributed by atoms with Crippen molar-refractivity contribution in [2.45, 2.75) is 0 Å². The summed E-state index contributed by atoms with van der Waals surface area (Å²) in [6.45, 7) is 0. The van der Waals surface area contributed by atoms with Crippen LogP contribution in [-0.2, 0) is 0 Å². The molecule has 0 N–H and O–H groups in total. The van der Waals surface area contributed by atoms with E-state index < -0.39 is 0 Å². The SMILES string of the molecule is c1ccc(-c2nc(-c3cccc4c3oc3ccccc34)nc(-c3cccc4oc5c(ccc6c7cc(-n8c9ccccc9c9ccccc98)ccc7oc65)c34)n2)cc1. The molecule has 0 spiro atoms. The molecule has 0 aliphatic carbocycles. The molecule has 0 aliphatic rings. The fourth-order valence-electron chi connectivity index (χ4n) is 8.89. The quantitative estimate of drug-likeness (QED) is 0.178. The topological polar surface area (TPSA) is 83.0 Å². The molecule has 0 bridgehead atoms. The fourth-order valence-corrected chi connectivity index (χ4v) is 8.89. The maximum atomic E-state index is 6.71. The summed E-state index contributed by atoms with van der Waals surface area (Å²) in [6.07, 6.45) is 0. The lowest BCUT2D eigenvalue weighted by Crippen LogP contribution is -2.00. The average Bonchev–Trinajstić information content (AvgIpc) is 4.05. The third kappa shape index (κ3) is 4.41. The molecule has 0 radical (unpaired) electrons. The van der Waals surface area contributed by atoms with Crippen LogP contribution in [0.15, 0.2) is 183 Å². The molecule has 0 saturated carbocycles. The highest BCUT2D eigenvalue weighted by atomic mass is 16.4. The second-order valence-electron chi connectivity index (χ2n) is 14.7. The molecule has 0 fully saturated rings. The Morgan fingerprint density at radius 1 is 0.345 bits per heavy atom. The molecule has 58 heavy (non-hydrogen) atoms. The lowest BCUT2D eigenvalue weighted by molar-refractivity contribution is 0.633. The van der Waals surface area contributed by atoms with E-state index in [4.69, 9.17) is 28.2 Å². The van der Waals surface area contributed by atoms with E-state index in [2.05, 4.69) is 95.6 Å². The standard InChI is InChI=1S/C51H28N4O3/c1-2-12-29(13-3-1)49-52-50(54-51(53-49)38-19-10-17-34-33-16-6-9-22-42(33)56-46(34)38)37-18-11-23-44-45(37)36-26-25-35-39-28-30(24-27-43(39)57-47(35)48(36)58-44)55-40-20-7-4-14-31(40)32-15-5-8-21-41(32)55/h1-28H. The van der Waals surface area contributed by atoms with Gasteiger partial charge in [-0.2, -0.15) is 0 Å². The van der Waals surface area contributed by atoms with Crippen LogP contribution in [0, 0.1) is 0 Å². The Morgan fingerprint density at radius 3 is 1.72 bits per heavy atom. The Kier molecular flexibility index (Phi) is 6.32. The van der Waals surface area contributed by atoms with Gasteiger partial charge in [-0.15, -0.1) is 0 Å². The molecule has 270 valence electrons. The second-order valence-corrected chi connectivity index (χ2v) is 14.7. The Labute approximate surface area is 329 Å². The number of fused-ring (bicyclic) bond motifs is 13. The van der Waals surface area contributed by atoms with Crippen molar-refractivity contribution in [2.75, 3.05) is 0 Å².